The van der Waals surface area contributed by atoms with E-state index in [2.05, 4.69) is 5.32 Å². The summed E-state index contributed by atoms with van der Waals surface area (Å²) >= 11 is 0. The molecule has 150 valence electrons. The molecule has 7 heteroatoms. The molecule has 2 aromatic rings. The first-order chi connectivity index (χ1) is 13.5. The SMILES string of the molecule is COc1ccc(C(C)NC(=O)C2CCN(C(=O)c3ccco3)CC2)cc1OC. The van der Waals surface area contributed by atoms with E-state index in [4.69, 9.17) is 13.9 Å². The Kier molecular flexibility index (Phi) is 6.23. The number of methoxy groups -OCH3 is 2. The van der Waals surface area contributed by atoms with Crippen LogP contribution in [-0.2, 0) is 4.79 Å². The fourth-order valence-electron chi connectivity index (χ4n) is 3.44. The zero-order chi connectivity index (χ0) is 20.1. The molecule has 3 rings (SSSR count). The third-order valence-electron chi connectivity index (χ3n) is 5.15. The van der Waals surface area contributed by atoms with Gasteiger partial charge >= 0.3 is 0 Å². The van der Waals surface area contributed by atoms with Gasteiger partial charge in [0.25, 0.3) is 5.91 Å². The van der Waals surface area contributed by atoms with Gasteiger partial charge in [0.15, 0.2) is 17.3 Å². The second kappa shape index (κ2) is 8.82. The Morgan fingerprint density at radius 1 is 1.14 bits per heavy atom. The van der Waals surface area contributed by atoms with Crippen LogP contribution in [0, 0.1) is 5.92 Å². The molecule has 1 aliphatic heterocycles. The molecule has 1 aromatic heterocycles. The van der Waals surface area contributed by atoms with Gasteiger partial charge in [-0.15, -0.1) is 0 Å². The van der Waals surface area contributed by atoms with Crippen molar-refractivity contribution in [2.45, 2.75) is 25.8 Å². The van der Waals surface area contributed by atoms with E-state index in [9.17, 15) is 9.59 Å². The summed E-state index contributed by atoms with van der Waals surface area (Å²) < 4.78 is 15.8. The standard InChI is InChI=1S/C21H26N2O5/c1-14(16-6-7-17(26-2)19(13-16)27-3)22-20(24)15-8-10-23(11-9-15)21(25)18-5-4-12-28-18/h4-7,12-15H,8-11H2,1-3H3,(H,22,24). The topological polar surface area (TPSA) is 81.0 Å². The number of ether oxygens (including phenoxy) is 2. The van der Waals surface area contributed by atoms with E-state index in [1.807, 2.05) is 25.1 Å². The highest BCUT2D eigenvalue weighted by Gasteiger charge is 2.29. The molecular weight excluding hydrogens is 360 g/mol. The molecule has 0 bridgehead atoms. The van der Waals surface area contributed by atoms with Gasteiger partial charge in [0.05, 0.1) is 26.5 Å². The molecule has 1 N–H and O–H groups in total. The number of carbonyl (C=O) groups excluding carboxylic acids is 2. The zero-order valence-electron chi connectivity index (χ0n) is 16.4. The van der Waals surface area contributed by atoms with Crippen molar-refractivity contribution in [1.29, 1.82) is 0 Å². The van der Waals surface area contributed by atoms with Crippen LogP contribution in [0.4, 0.5) is 0 Å². The lowest BCUT2D eigenvalue weighted by atomic mass is 9.95. The first-order valence-electron chi connectivity index (χ1n) is 9.38. The zero-order valence-corrected chi connectivity index (χ0v) is 16.4. The maximum atomic E-state index is 12.7. The summed E-state index contributed by atoms with van der Waals surface area (Å²) in [5.41, 5.74) is 0.941. The summed E-state index contributed by atoms with van der Waals surface area (Å²) in [7, 11) is 3.18. The Bertz CT molecular complexity index is 810. The van der Waals surface area contributed by atoms with Crippen molar-refractivity contribution >= 4 is 11.8 Å². The summed E-state index contributed by atoms with van der Waals surface area (Å²) in [5.74, 6) is 1.40. The van der Waals surface area contributed by atoms with Crippen molar-refractivity contribution in [3.05, 3.63) is 47.9 Å². The van der Waals surface area contributed by atoms with E-state index in [-0.39, 0.29) is 23.8 Å². The Morgan fingerprint density at radius 2 is 1.86 bits per heavy atom. The van der Waals surface area contributed by atoms with Crippen LogP contribution in [0.2, 0.25) is 0 Å². The van der Waals surface area contributed by atoms with E-state index < -0.39 is 0 Å². The van der Waals surface area contributed by atoms with E-state index >= 15 is 0 Å². The van der Waals surface area contributed by atoms with Gasteiger partial charge in [-0.25, -0.2) is 0 Å². The van der Waals surface area contributed by atoms with E-state index in [1.165, 1.54) is 6.26 Å². The van der Waals surface area contributed by atoms with Crippen LogP contribution >= 0.6 is 0 Å². The smallest absolute Gasteiger partial charge is 0.289 e. The van der Waals surface area contributed by atoms with Crippen LogP contribution in [0.3, 0.4) is 0 Å². The molecular formula is C21H26N2O5. The Hall–Kier alpha value is -2.96. The largest absolute Gasteiger partial charge is 0.493 e. The van der Waals surface area contributed by atoms with Crippen LogP contribution in [0.5, 0.6) is 11.5 Å². The number of nitrogens with zero attached hydrogens (tertiary/aromatic N) is 1. The summed E-state index contributed by atoms with van der Waals surface area (Å²) in [5, 5.41) is 3.07. The fourth-order valence-corrected chi connectivity index (χ4v) is 3.44. The molecule has 1 saturated heterocycles. The maximum Gasteiger partial charge on any atom is 0.289 e. The molecule has 0 aliphatic carbocycles. The Morgan fingerprint density at radius 3 is 2.46 bits per heavy atom. The van der Waals surface area contributed by atoms with Crippen LogP contribution in [0.1, 0.15) is 41.9 Å². The normalized spacial score (nSPS) is 15.8. The van der Waals surface area contributed by atoms with Crippen molar-refractivity contribution in [2.24, 2.45) is 5.92 Å². The predicted octanol–water partition coefficient (Wildman–Crippen LogP) is 3.03. The minimum absolute atomic E-state index is 0.00684. The Balaban J connectivity index is 1.55. The second-order valence-corrected chi connectivity index (χ2v) is 6.89. The van der Waals surface area contributed by atoms with Crippen molar-refractivity contribution in [1.82, 2.24) is 10.2 Å². The molecule has 1 fully saturated rings. The minimum atomic E-state index is -0.157. The molecule has 2 amide bonds. The number of furan rings is 1. The van der Waals surface area contributed by atoms with Crippen molar-refractivity contribution in [3.63, 3.8) is 0 Å². The van der Waals surface area contributed by atoms with Gasteiger partial charge in [0.1, 0.15) is 0 Å². The first-order valence-corrected chi connectivity index (χ1v) is 9.38. The molecule has 1 atom stereocenters. The number of nitrogens with one attached hydrogen (secondary N) is 1. The van der Waals surface area contributed by atoms with E-state index in [0.29, 0.717) is 43.2 Å². The quantitative estimate of drug-likeness (QED) is 0.825. The molecule has 28 heavy (non-hydrogen) atoms. The second-order valence-electron chi connectivity index (χ2n) is 6.89. The maximum absolute atomic E-state index is 12.7. The average Bonchev–Trinajstić information content (AvgIpc) is 3.27. The molecule has 0 spiro atoms. The molecule has 0 saturated carbocycles. The van der Waals surface area contributed by atoms with Gasteiger partial charge < -0.3 is 24.1 Å². The third kappa shape index (κ3) is 4.30. The highest BCUT2D eigenvalue weighted by Crippen LogP contribution is 2.30. The van der Waals surface area contributed by atoms with Crippen molar-refractivity contribution < 1.29 is 23.5 Å². The lowest BCUT2D eigenvalue weighted by Crippen LogP contribution is -2.43. The summed E-state index contributed by atoms with van der Waals surface area (Å²) in [6, 6.07) is 8.81. The average molecular weight is 386 g/mol. The van der Waals surface area contributed by atoms with Gasteiger partial charge in [0, 0.05) is 19.0 Å². The van der Waals surface area contributed by atoms with Crippen LogP contribution < -0.4 is 14.8 Å². The third-order valence-corrected chi connectivity index (χ3v) is 5.15. The molecule has 1 aromatic carbocycles. The molecule has 7 nitrogen and oxygen atoms in total. The highest BCUT2D eigenvalue weighted by atomic mass is 16.5. The fraction of sp³-hybridized carbons (Fsp3) is 0.429. The number of likely N-dealkylation sites (tertiary alicyclic amines) is 1. The van der Waals surface area contributed by atoms with Gasteiger partial charge in [0.2, 0.25) is 5.91 Å². The first kappa shape index (κ1) is 19.8. The van der Waals surface area contributed by atoms with Gasteiger partial charge in [-0.3, -0.25) is 9.59 Å². The number of hydrogen-bond donors (Lipinski definition) is 1. The number of hydrogen-bond acceptors (Lipinski definition) is 5. The van der Waals surface area contributed by atoms with Crippen LogP contribution in [0.15, 0.2) is 41.0 Å². The number of carbonyl (C=O) groups is 2. The highest BCUT2D eigenvalue weighted by molar-refractivity contribution is 5.91. The number of rotatable bonds is 6. The summed E-state index contributed by atoms with van der Waals surface area (Å²) in [6.45, 7) is 3.03. The lowest BCUT2D eigenvalue weighted by molar-refractivity contribution is -0.127. The predicted molar refractivity (Wildman–Crippen MR) is 103 cm³/mol. The van der Waals surface area contributed by atoms with Crippen molar-refractivity contribution in [2.75, 3.05) is 27.3 Å². The lowest BCUT2D eigenvalue weighted by Gasteiger charge is -2.31. The molecule has 1 unspecified atom stereocenters. The van der Waals surface area contributed by atoms with E-state index in [0.717, 1.165) is 5.56 Å². The van der Waals surface area contributed by atoms with Crippen molar-refractivity contribution in [3.8, 4) is 11.5 Å². The van der Waals surface area contributed by atoms with Crippen LogP contribution in [0.25, 0.3) is 0 Å². The molecule has 2 heterocycles. The van der Waals surface area contributed by atoms with Gasteiger partial charge in [-0.05, 0) is 49.6 Å². The van der Waals surface area contributed by atoms with Gasteiger partial charge in [-0.2, -0.15) is 0 Å². The molecule has 1 aliphatic rings. The Labute approximate surface area is 164 Å². The van der Waals surface area contributed by atoms with Gasteiger partial charge in [-0.1, -0.05) is 6.07 Å². The number of amides is 2. The summed E-state index contributed by atoms with van der Waals surface area (Å²) in [6.07, 6.45) is 2.76. The summed E-state index contributed by atoms with van der Waals surface area (Å²) in [4.78, 5) is 26.7. The van der Waals surface area contributed by atoms with Crippen LogP contribution in [-0.4, -0.2) is 44.0 Å². The number of piperidine rings is 1. The van der Waals surface area contributed by atoms with E-state index in [1.54, 1.807) is 31.3 Å². The monoisotopic (exact) mass is 386 g/mol. The minimum Gasteiger partial charge on any atom is -0.493 e. The number of benzene rings is 1. The molecule has 0 radical (unpaired) electrons.